The van der Waals surface area contributed by atoms with Gasteiger partial charge in [-0.05, 0) is 31.9 Å². The number of aromatic amines is 1. The maximum atomic E-state index is 12.5. The second kappa shape index (κ2) is 8.47. The number of aromatic nitrogens is 3. The van der Waals surface area contributed by atoms with Crippen LogP contribution in [0.3, 0.4) is 0 Å². The van der Waals surface area contributed by atoms with Gasteiger partial charge in [-0.3, -0.25) is 9.36 Å². The molecule has 0 saturated carbocycles. The summed E-state index contributed by atoms with van der Waals surface area (Å²) in [5, 5.41) is 9.83. The summed E-state index contributed by atoms with van der Waals surface area (Å²) in [6, 6.07) is 4.99. The SMILES string of the molecule is C[C@H](Sc1n[nH]c(=O)n1C[C@H]1CCCO1)C(=O)Nc1c(Cl)cccc1Cl. The summed E-state index contributed by atoms with van der Waals surface area (Å²) in [4.78, 5) is 24.5. The molecule has 26 heavy (non-hydrogen) atoms. The molecule has 0 aliphatic carbocycles. The van der Waals surface area contributed by atoms with Gasteiger partial charge in [-0.25, -0.2) is 9.89 Å². The molecule has 1 saturated heterocycles. The Bertz CT molecular complexity index is 828. The molecule has 0 spiro atoms. The van der Waals surface area contributed by atoms with Crippen LogP contribution in [0.4, 0.5) is 5.69 Å². The lowest BCUT2D eigenvalue weighted by Crippen LogP contribution is -2.27. The van der Waals surface area contributed by atoms with Crippen LogP contribution in [-0.4, -0.2) is 38.6 Å². The Balaban J connectivity index is 1.68. The molecule has 10 heteroatoms. The molecular weight excluding hydrogens is 399 g/mol. The number of H-pyrrole nitrogens is 1. The molecule has 0 unspecified atom stereocenters. The second-order valence-electron chi connectivity index (χ2n) is 5.90. The van der Waals surface area contributed by atoms with E-state index in [2.05, 4.69) is 15.5 Å². The molecule has 1 aliphatic rings. The van der Waals surface area contributed by atoms with Gasteiger partial charge in [0, 0.05) is 6.61 Å². The molecule has 0 radical (unpaired) electrons. The lowest BCUT2D eigenvalue weighted by molar-refractivity contribution is -0.115. The highest BCUT2D eigenvalue weighted by Gasteiger charge is 2.23. The number of hydrogen-bond donors (Lipinski definition) is 2. The second-order valence-corrected chi connectivity index (χ2v) is 8.03. The number of benzene rings is 1. The number of anilines is 1. The van der Waals surface area contributed by atoms with E-state index in [0.29, 0.717) is 34.0 Å². The molecular formula is C16H18Cl2N4O3S. The van der Waals surface area contributed by atoms with Crippen LogP contribution in [0.15, 0.2) is 28.2 Å². The monoisotopic (exact) mass is 416 g/mol. The van der Waals surface area contributed by atoms with E-state index >= 15 is 0 Å². The highest BCUT2D eigenvalue weighted by molar-refractivity contribution is 8.00. The van der Waals surface area contributed by atoms with E-state index in [1.807, 2.05) is 0 Å². The first-order chi connectivity index (χ1) is 12.5. The molecule has 2 atom stereocenters. The quantitative estimate of drug-likeness (QED) is 0.705. The van der Waals surface area contributed by atoms with Gasteiger partial charge in [0.2, 0.25) is 5.91 Å². The third kappa shape index (κ3) is 4.43. The Hall–Kier alpha value is -1.48. The van der Waals surface area contributed by atoms with Crippen LogP contribution in [0.1, 0.15) is 19.8 Å². The molecule has 1 fully saturated rings. The summed E-state index contributed by atoms with van der Waals surface area (Å²) >= 11 is 13.3. The van der Waals surface area contributed by atoms with Crippen molar-refractivity contribution < 1.29 is 9.53 Å². The first-order valence-electron chi connectivity index (χ1n) is 8.14. The molecule has 3 rings (SSSR count). The number of nitrogens with zero attached hydrogens (tertiary/aromatic N) is 2. The van der Waals surface area contributed by atoms with E-state index in [9.17, 15) is 9.59 Å². The van der Waals surface area contributed by atoms with Crippen molar-refractivity contribution in [3.8, 4) is 0 Å². The Morgan fingerprint density at radius 1 is 1.50 bits per heavy atom. The third-order valence-corrected chi connectivity index (χ3v) is 5.72. The fourth-order valence-corrected chi connectivity index (χ4v) is 3.96. The molecule has 2 heterocycles. The van der Waals surface area contributed by atoms with Gasteiger partial charge in [-0.15, -0.1) is 5.10 Å². The fraction of sp³-hybridized carbons (Fsp3) is 0.438. The number of amides is 1. The number of carbonyl (C=O) groups excluding carboxylic acids is 1. The predicted octanol–water partition coefficient (Wildman–Crippen LogP) is 3.18. The molecule has 2 N–H and O–H groups in total. The maximum Gasteiger partial charge on any atom is 0.344 e. The van der Waals surface area contributed by atoms with Crippen LogP contribution in [0.25, 0.3) is 0 Å². The highest BCUT2D eigenvalue weighted by Crippen LogP contribution is 2.31. The average molecular weight is 417 g/mol. The Morgan fingerprint density at radius 3 is 2.88 bits per heavy atom. The van der Waals surface area contributed by atoms with Gasteiger partial charge in [0.1, 0.15) is 0 Å². The number of rotatable bonds is 6. The summed E-state index contributed by atoms with van der Waals surface area (Å²) in [6.07, 6.45) is 1.88. The summed E-state index contributed by atoms with van der Waals surface area (Å²) < 4.78 is 7.08. The van der Waals surface area contributed by atoms with Crippen molar-refractivity contribution in [2.45, 2.75) is 42.8 Å². The van der Waals surface area contributed by atoms with Crippen LogP contribution < -0.4 is 11.0 Å². The first-order valence-corrected chi connectivity index (χ1v) is 9.77. The number of ether oxygens (including phenoxy) is 1. The van der Waals surface area contributed by atoms with Gasteiger partial charge in [-0.2, -0.15) is 0 Å². The minimum atomic E-state index is -0.513. The summed E-state index contributed by atoms with van der Waals surface area (Å²) in [7, 11) is 0. The van der Waals surface area contributed by atoms with Crippen LogP contribution in [-0.2, 0) is 16.1 Å². The molecule has 1 amide bonds. The van der Waals surface area contributed by atoms with Crippen LogP contribution in [0.2, 0.25) is 10.0 Å². The van der Waals surface area contributed by atoms with Gasteiger partial charge in [0.15, 0.2) is 5.16 Å². The lowest BCUT2D eigenvalue weighted by Gasteiger charge is -2.15. The number of hydrogen-bond acceptors (Lipinski definition) is 5. The van der Waals surface area contributed by atoms with Gasteiger partial charge in [0.05, 0.1) is 33.6 Å². The molecule has 7 nitrogen and oxygen atoms in total. The standard InChI is InChI=1S/C16H18Cl2N4O3S/c1-9(14(23)19-13-11(17)5-2-6-12(13)18)26-16-21-20-15(24)22(16)8-10-4-3-7-25-10/h2,5-6,9-10H,3-4,7-8H2,1H3,(H,19,23)(H,20,24)/t9-,10+/m0/s1. The molecule has 1 aromatic carbocycles. The first kappa shape index (κ1) is 19.3. The van der Waals surface area contributed by atoms with E-state index in [-0.39, 0.29) is 17.7 Å². The van der Waals surface area contributed by atoms with Crippen molar-refractivity contribution in [2.75, 3.05) is 11.9 Å². The topological polar surface area (TPSA) is 89.0 Å². The normalized spacial score (nSPS) is 18.0. The van der Waals surface area contributed by atoms with Gasteiger partial charge in [0.25, 0.3) is 0 Å². The van der Waals surface area contributed by atoms with Crippen molar-refractivity contribution in [1.82, 2.24) is 14.8 Å². The maximum absolute atomic E-state index is 12.5. The zero-order chi connectivity index (χ0) is 18.7. The largest absolute Gasteiger partial charge is 0.376 e. The van der Waals surface area contributed by atoms with Crippen molar-refractivity contribution in [3.63, 3.8) is 0 Å². The van der Waals surface area contributed by atoms with Crippen LogP contribution in [0, 0.1) is 0 Å². The number of halogens is 2. The van der Waals surface area contributed by atoms with Gasteiger partial charge >= 0.3 is 5.69 Å². The highest BCUT2D eigenvalue weighted by atomic mass is 35.5. The third-order valence-electron chi connectivity index (χ3n) is 4.00. The number of para-hydroxylation sites is 1. The van der Waals surface area contributed by atoms with E-state index in [1.165, 1.54) is 16.3 Å². The van der Waals surface area contributed by atoms with Crippen molar-refractivity contribution in [2.24, 2.45) is 0 Å². The molecule has 140 valence electrons. The Labute approximate surface area is 164 Å². The minimum Gasteiger partial charge on any atom is -0.376 e. The van der Waals surface area contributed by atoms with Crippen LogP contribution in [0.5, 0.6) is 0 Å². The average Bonchev–Trinajstić information content (AvgIpc) is 3.23. The smallest absolute Gasteiger partial charge is 0.344 e. The number of thioether (sulfide) groups is 1. The van der Waals surface area contributed by atoms with E-state index in [0.717, 1.165) is 12.8 Å². The van der Waals surface area contributed by atoms with Gasteiger partial charge in [-0.1, -0.05) is 41.0 Å². The van der Waals surface area contributed by atoms with Crippen molar-refractivity contribution in [1.29, 1.82) is 0 Å². The Kier molecular flexibility index (Phi) is 6.29. The zero-order valence-electron chi connectivity index (χ0n) is 14.0. The fourth-order valence-electron chi connectivity index (χ4n) is 2.60. The van der Waals surface area contributed by atoms with Crippen LogP contribution >= 0.6 is 35.0 Å². The summed E-state index contributed by atoms with van der Waals surface area (Å²) in [5.41, 5.74) is 0.0526. The zero-order valence-corrected chi connectivity index (χ0v) is 16.3. The number of nitrogens with one attached hydrogen (secondary N) is 2. The summed E-state index contributed by atoms with van der Waals surface area (Å²) in [6.45, 7) is 2.85. The predicted molar refractivity (Wildman–Crippen MR) is 102 cm³/mol. The van der Waals surface area contributed by atoms with E-state index < -0.39 is 5.25 Å². The van der Waals surface area contributed by atoms with Crippen molar-refractivity contribution >= 4 is 46.6 Å². The van der Waals surface area contributed by atoms with Crippen molar-refractivity contribution in [3.05, 3.63) is 38.7 Å². The molecule has 2 aromatic rings. The number of carbonyl (C=O) groups is 1. The van der Waals surface area contributed by atoms with Gasteiger partial charge < -0.3 is 10.1 Å². The summed E-state index contributed by atoms with van der Waals surface area (Å²) in [5.74, 6) is -0.288. The van der Waals surface area contributed by atoms with E-state index in [1.54, 1.807) is 25.1 Å². The minimum absolute atomic E-state index is 0.00397. The lowest BCUT2D eigenvalue weighted by atomic mass is 10.2. The molecule has 0 bridgehead atoms. The molecule has 1 aliphatic heterocycles. The molecule has 1 aromatic heterocycles. The van der Waals surface area contributed by atoms with E-state index in [4.69, 9.17) is 27.9 Å². The Morgan fingerprint density at radius 2 is 2.23 bits per heavy atom.